The monoisotopic (exact) mass is 586 g/mol. The van der Waals surface area contributed by atoms with Crippen LogP contribution in [-0.4, -0.2) is 43.9 Å². The third-order valence-electron chi connectivity index (χ3n) is 8.75. The van der Waals surface area contributed by atoms with Gasteiger partial charge in [-0.3, -0.25) is 19.2 Å². The highest BCUT2D eigenvalue weighted by molar-refractivity contribution is 5.92. The molecule has 5 rings (SSSR count). The molecule has 0 radical (unpaired) electrons. The smallest absolute Gasteiger partial charge is 0.311 e. The van der Waals surface area contributed by atoms with E-state index in [1.165, 1.54) is 0 Å². The Morgan fingerprint density at radius 3 is 2.53 bits per heavy atom. The third kappa shape index (κ3) is 5.84. The van der Waals surface area contributed by atoms with E-state index in [9.17, 15) is 24.3 Å². The number of aromatic nitrogens is 2. The van der Waals surface area contributed by atoms with Crippen LogP contribution < -0.4 is 10.3 Å². The van der Waals surface area contributed by atoms with Crippen LogP contribution in [0.1, 0.15) is 87.0 Å². The number of fused-ring (bicyclic) bond motifs is 5. The second-order valence-corrected chi connectivity index (χ2v) is 11.5. The number of carbonyl (C=O) groups excluding carboxylic acids is 3. The summed E-state index contributed by atoms with van der Waals surface area (Å²) in [4.78, 5) is 55.0. The average molecular weight is 587 g/mol. The Kier molecular flexibility index (Phi) is 9.03. The van der Waals surface area contributed by atoms with Crippen molar-refractivity contribution in [3.63, 3.8) is 0 Å². The fourth-order valence-corrected chi connectivity index (χ4v) is 6.35. The van der Waals surface area contributed by atoms with Gasteiger partial charge in [-0.2, -0.15) is 0 Å². The first-order chi connectivity index (χ1) is 20.7. The molecule has 0 spiro atoms. The van der Waals surface area contributed by atoms with Crippen LogP contribution in [-0.2, 0) is 39.4 Å². The zero-order valence-corrected chi connectivity index (χ0v) is 24.6. The van der Waals surface area contributed by atoms with E-state index < -0.39 is 12.2 Å². The fraction of sp³-hybridized carbons (Fsp3) is 0.441. The summed E-state index contributed by atoms with van der Waals surface area (Å²) < 4.78 is 7.34. The third-order valence-corrected chi connectivity index (χ3v) is 8.75. The van der Waals surface area contributed by atoms with Gasteiger partial charge in [-0.05, 0) is 61.9 Å². The molecule has 0 amide bonds. The van der Waals surface area contributed by atoms with Gasteiger partial charge in [0.1, 0.15) is 18.0 Å². The highest BCUT2D eigenvalue weighted by atomic mass is 16.5. The van der Waals surface area contributed by atoms with E-state index in [1.54, 1.807) is 35.8 Å². The van der Waals surface area contributed by atoms with Gasteiger partial charge in [0.15, 0.2) is 11.6 Å². The maximum Gasteiger partial charge on any atom is 0.311 e. The molecule has 0 saturated carbocycles. The minimum atomic E-state index is -1.68. The zero-order chi connectivity index (χ0) is 30.7. The highest BCUT2D eigenvalue weighted by Gasteiger charge is 2.43. The molecular weight excluding hydrogens is 548 g/mol. The van der Waals surface area contributed by atoms with Crippen LogP contribution in [0.4, 0.5) is 0 Å². The van der Waals surface area contributed by atoms with Crippen molar-refractivity contribution in [2.45, 2.75) is 89.7 Å². The van der Waals surface area contributed by atoms with Crippen molar-refractivity contribution in [3.8, 4) is 17.1 Å². The number of aliphatic hydroxyl groups excluding tert-OH is 1. The van der Waals surface area contributed by atoms with Crippen LogP contribution in [0.5, 0.6) is 5.75 Å². The van der Waals surface area contributed by atoms with Crippen LogP contribution in [0.25, 0.3) is 22.3 Å². The molecule has 1 aromatic carbocycles. The van der Waals surface area contributed by atoms with Crippen molar-refractivity contribution in [1.82, 2.24) is 9.55 Å². The molecule has 1 aliphatic carbocycles. The molecule has 1 aliphatic heterocycles. The largest absolute Gasteiger partial charge is 0.427 e. The second-order valence-electron chi connectivity index (χ2n) is 11.5. The number of rotatable bonds is 13. The first-order valence-corrected chi connectivity index (χ1v) is 15.1. The molecule has 9 heteroatoms. The number of unbranched alkanes of at least 4 members (excludes halogenated alkanes) is 4. The van der Waals surface area contributed by atoms with Gasteiger partial charge < -0.3 is 19.5 Å². The van der Waals surface area contributed by atoms with Crippen molar-refractivity contribution in [1.29, 1.82) is 0 Å². The molecule has 0 bridgehead atoms. The Balaban J connectivity index is 1.37. The number of ether oxygens (including phenoxy) is 1. The Bertz CT molecular complexity index is 1670. The molecule has 2 aliphatic rings. The summed E-state index contributed by atoms with van der Waals surface area (Å²) in [5.74, 6) is -0.314. The number of aliphatic hydroxyl groups is 2. The summed E-state index contributed by atoms with van der Waals surface area (Å²) in [5, 5.41) is 20.8. The second kappa shape index (κ2) is 12.7. The van der Waals surface area contributed by atoms with Crippen LogP contribution in [0, 0.1) is 0 Å². The van der Waals surface area contributed by atoms with Crippen molar-refractivity contribution >= 4 is 28.4 Å². The van der Waals surface area contributed by atoms with Gasteiger partial charge in [-0.25, -0.2) is 4.98 Å². The van der Waals surface area contributed by atoms with Gasteiger partial charge in [0.05, 0.1) is 23.4 Å². The Morgan fingerprint density at radius 1 is 1.07 bits per heavy atom. The summed E-state index contributed by atoms with van der Waals surface area (Å²) in [7, 11) is 0. The van der Waals surface area contributed by atoms with E-state index >= 15 is 0 Å². The van der Waals surface area contributed by atoms with E-state index in [-0.39, 0.29) is 42.4 Å². The Morgan fingerprint density at radius 2 is 1.81 bits per heavy atom. The van der Waals surface area contributed by atoms with Crippen LogP contribution in [0.2, 0.25) is 0 Å². The van der Waals surface area contributed by atoms with E-state index in [0.29, 0.717) is 66.0 Å². The molecule has 3 heterocycles. The van der Waals surface area contributed by atoms with Gasteiger partial charge in [-0.15, -0.1) is 6.58 Å². The topological polar surface area (TPSA) is 136 Å². The van der Waals surface area contributed by atoms with E-state index in [0.717, 1.165) is 42.2 Å². The normalized spacial score (nSPS) is 17.0. The SMILES string of the molecule is C=CCc1c2c(nc3ccc(OC(=O)CCCCCCCC(=O)CO)cc13)-c1cc3c(c(=O)n1C2)CCC(=O)[C@]3(O)CC. The Hall–Kier alpha value is -3.95. The van der Waals surface area contributed by atoms with E-state index in [4.69, 9.17) is 14.8 Å². The number of esters is 1. The van der Waals surface area contributed by atoms with Crippen molar-refractivity contribution in [2.75, 3.05) is 6.61 Å². The molecule has 0 fully saturated rings. The number of ketones is 2. The number of pyridine rings is 2. The average Bonchev–Trinajstić information content (AvgIpc) is 3.37. The van der Waals surface area contributed by atoms with Crippen LogP contribution in [0.3, 0.4) is 0 Å². The number of benzene rings is 1. The number of allylic oxidation sites excluding steroid dienone is 1. The number of hydrogen-bond donors (Lipinski definition) is 2. The van der Waals surface area contributed by atoms with Gasteiger partial charge >= 0.3 is 5.97 Å². The van der Waals surface area contributed by atoms with Crippen molar-refractivity contribution in [2.24, 2.45) is 0 Å². The van der Waals surface area contributed by atoms with Crippen molar-refractivity contribution < 1.29 is 29.3 Å². The lowest BCUT2D eigenvalue weighted by molar-refractivity contribution is -0.140. The van der Waals surface area contributed by atoms with Crippen LogP contribution >= 0.6 is 0 Å². The lowest BCUT2D eigenvalue weighted by Crippen LogP contribution is -2.43. The first-order valence-electron chi connectivity index (χ1n) is 15.1. The lowest BCUT2D eigenvalue weighted by atomic mass is 9.77. The first kappa shape index (κ1) is 30.5. The summed E-state index contributed by atoms with van der Waals surface area (Å²) in [6, 6.07) is 7.08. The predicted molar refractivity (Wildman–Crippen MR) is 162 cm³/mol. The molecule has 1 atom stereocenters. The zero-order valence-electron chi connectivity index (χ0n) is 24.6. The summed E-state index contributed by atoms with van der Waals surface area (Å²) in [5.41, 5.74) is 2.73. The molecule has 2 N–H and O–H groups in total. The van der Waals surface area contributed by atoms with Gasteiger partial charge in [0.25, 0.3) is 5.56 Å². The fourth-order valence-electron chi connectivity index (χ4n) is 6.35. The van der Waals surface area contributed by atoms with Gasteiger partial charge in [0, 0.05) is 41.3 Å². The molecule has 2 aromatic heterocycles. The Labute approximate surface area is 250 Å². The van der Waals surface area contributed by atoms with Crippen molar-refractivity contribution in [3.05, 3.63) is 69.5 Å². The molecule has 0 saturated heterocycles. The molecule has 0 unspecified atom stereocenters. The standard InChI is InChI=1S/C34H38N2O7/c1-3-10-23-25-17-22(43-31(40)12-9-7-5-6-8-11-21(38)20-37)13-15-28(25)35-32-26(23)19-36-29(32)18-27-24(33(36)41)14-16-30(39)34(27,42)4-2/h3,13,15,17-18,37,42H,1,4-12,14,16,19-20H2,2H3/t34-/m0/s1. The van der Waals surface area contributed by atoms with Crippen LogP contribution in [0.15, 0.2) is 41.7 Å². The number of carbonyl (C=O) groups is 3. The molecular formula is C34H38N2O7. The summed E-state index contributed by atoms with van der Waals surface area (Å²) >= 11 is 0. The highest BCUT2D eigenvalue weighted by Crippen LogP contribution is 2.41. The minimum absolute atomic E-state index is 0.137. The minimum Gasteiger partial charge on any atom is -0.427 e. The van der Waals surface area contributed by atoms with E-state index in [2.05, 4.69) is 6.58 Å². The summed E-state index contributed by atoms with van der Waals surface area (Å²) in [6.45, 7) is 5.59. The predicted octanol–water partition coefficient (Wildman–Crippen LogP) is 4.46. The molecule has 43 heavy (non-hydrogen) atoms. The molecule has 9 nitrogen and oxygen atoms in total. The number of Topliss-reactive ketones (excluding diaryl/α,β-unsaturated/α-hetero) is 2. The quantitative estimate of drug-likeness (QED) is 0.101. The van der Waals surface area contributed by atoms with Gasteiger partial charge in [0.2, 0.25) is 0 Å². The lowest BCUT2D eigenvalue weighted by Gasteiger charge is -2.32. The molecule has 3 aromatic rings. The van der Waals surface area contributed by atoms with Gasteiger partial charge in [-0.1, -0.05) is 32.3 Å². The summed E-state index contributed by atoms with van der Waals surface area (Å²) in [6.07, 6.45) is 7.69. The maximum atomic E-state index is 13.6. The van der Waals surface area contributed by atoms with E-state index in [1.807, 2.05) is 6.07 Å². The molecule has 226 valence electrons. The number of nitrogens with zero attached hydrogens (tertiary/aromatic N) is 2. The number of hydrogen-bond acceptors (Lipinski definition) is 8. The maximum absolute atomic E-state index is 13.6.